The van der Waals surface area contributed by atoms with E-state index in [-0.39, 0.29) is 6.04 Å². The summed E-state index contributed by atoms with van der Waals surface area (Å²) in [5, 5.41) is 0. The Balaban J connectivity index is 2.25. The fourth-order valence-corrected chi connectivity index (χ4v) is 2.25. The largest absolute Gasteiger partial charge is 0.377 e. The van der Waals surface area contributed by atoms with Gasteiger partial charge >= 0.3 is 0 Å². The topological polar surface area (TPSA) is 35.2 Å². The van der Waals surface area contributed by atoms with Crippen molar-refractivity contribution in [2.45, 2.75) is 65.0 Å². The first-order valence-electron chi connectivity index (χ1n) is 6.50. The summed E-state index contributed by atoms with van der Waals surface area (Å²) >= 11 is 0. The summed E-state index contributed by atoms with van der Waals surface area (Å²) in [5.41, 5.74) is 6.09. The maximum Gasteiger partial charge on any atom is 0.0728 e. The number of hydrogen-bond donors (Lipinski definition) is 1. The van der Waals surface area contributed by atoms with Gasteiger partial charge in [0.05, 0.1) is 6.10 Å². The van der Waals surface area contributed by atoms with Gasteiger partial charge in [0.1, 0.15) is 0 Å². The number of hydrogen-bond acceptors (Lipinski definition) is 2. The third-order valence-corrected chi connectivity index (χ3v) is 3.56. The highest BCUT2D eigenvalue weighted by molar-refractivity contribution is 4.82. The van der Waals surface area contributed by atoms with Gasteiger partial charge in [-0.2, -0.15) is 0 Å². The molecule has 1 saturated carbocycles. The Kier molecular flexibility index (Phi) is 5.62. The zero-order valence-electron chi connectivity index (χ0n) is 10.5. The molecule has 3 unspecified atom stereocenters. The van der Waals surface area contributed by atoms with Crippen molar-refractivity contribution in [2.75, 3.05) is 6.61 Å². The van der Waals surface area contributed by atoms with E-state index in [4.69, 9.17) is 10.5 Å². The van der Waals surface area contributed by atoms with E-state index in [0.29, 0.717) is 6.10 Å². The molecule has 1 aliphatic rings. The van der Waals surface area contributed by atoms with Crippen molar-refractivity contribution in [3.8, 4) is 0 Å². The maximum atomic E-state index is 6.09. The molecule has 0 bridgehead atoms. The molecule has 0 aromatic rings. The van der Waals surface area contributed by atoms with Gasteiger partial charge in [0, 0.05) is 12.6 Å². The minimum atomic E-state index is 0.278. The average molecular weight is 213 g/mol. The maximum absolute atomic E-state index is 6.09. The summed E-state index contributed by atoms with van der Waals surface area (Å²) in [6, 6.07) is 0.278. The van der Waals surface area contributed by atoms with E-state index in [1.165, 1.54) is 19.3 Å². The number of rotatable bonds is 5. The summed E-state index contributed by atoms with van der Waals surface area (Å²) in [4.78, 5) is 0. The zero-order chi connectivity index (χ0) is 11.3. The van der Waals surface area contributed by atoms with Gasteiger partial charge in [0.2, 0.25) is 0 Å². The van der Waals surface area contributed by atoms with Crippen molar-refractivity contribution in [1.29, 1.82) is 0 Å². The SMILES string of the molecule is CCC1CCC(N)C(OCCC(C)C)C1. The van der Waals surface area contributed by atoms with Gasteiger partial charge in [-0.1, -0.05) is 27.2 Å². The Labute approximate surface area is 94.6 Å². The monoisotopic (exact) mass is 213 g/mol. The Bertz CT molecular complexity index is 170. The fourth-order valence-electron chi connectivity index (χ4n) is 2.25. The third-order valence-electron chi connectivity index (χ3n) is 3.56. The molecule has 90 valence electrons. The van der Waals surface area contributed by atoms with Crippen LogP contribution in [0.4, 0.5) is 0 Å². The number of nitrogens with two attached hydrogens (primary N) is 1. The van der Waals surface area contributed by atoms with E-state index in [2.05, 4.69) is 20.8 Å². The van der Waals surface area contributed by atoms with Gasteiger partial charge < -0.3 is 10.5 Å². The molecule has 1 aliphatic carbocycles. The molecular formula is C13H27NO. The smallest absolute Gasteiger partial charge is 0.0728 e. The molecule has 0 saturated heterocycles. The third kappa shape index (κ3) is 4.52. The molecule has 2 heteroatoms. The lowest BCUT2D eigenvalue weighted by Gasteiger charge is -2.33. The standard InChI is InChI=1S/C13H27NO/c1-4-11-5-6-12(14)13(9-11)15-8-7-10(2)3/h10-13H,4-9,14H2,1-3H3. The first-order valence-corrected chi connectivity index (χ1v) is 6.50. The molecule has 0 heterocycles. The van der Waals surface area contributed by atoms with Crippen LogP contribution in [-0.4, -0.2) is 18.8 Å². The van der Waals surface area contributed by atoms with Crippen molar-refractivity contribution in [1.82, 2.24) is 0 Å². The van der Waals surface area contributed by atoms with Crippen LogP contribution < -0.4 is 5.73 Å². The molecular weight excluding hydrogens is 186 g/mol. The van der Waals surface area contributed by atoms with E-state index in [0.717, 1.165) is 31.3 Å². The Morgan fingerprint density at radius 3 is 2.67 bits per heavy atom. The van der Waals surface area contributed by atoms with Crippen LogP contribution in [0.25, 0.3) is 0 Å². The minimum Gasteiger partial charge on any atom is -0.377 e. The quantitative estimate of drug-likeness (QED) is 0.762. The van der Waals surface area contributed by atoms with Gasteiger partial charge in [0.25, 0.3) is 0 Å². The van der Waals surface area contributed by atoms with Gasteiger partial charge in [-0.25, -0.2) is 0 Å². The Morgan fingerprint density at radius 2 is 2.07 bits per heavy atom. The highest BCUT2D eigenvalue weighted by Crippen LogP contribution is 2.28. The van der Waals surface area contributed by atoms with E-state index in [9.17, 15) is 0 Å². The fraction of sp³-hybridized carbons (Fsp3) is 1.00. The molecule has 0 aliphatic heterocycles. The van der Waals surface area contributed by atoms with E-state index >= 15 is 0 Å². The van der Waals surface area contributed by atoms with Gasteiger partial charge in [-0.05, 0) is 37.5 Å². The lowest BCUT2D eigenvalue weighted by atomic mass is 9.83. The molecule has 3 atom stereocenters. The van der Waals surface area contributed by atoms with Crippen molar-refractivity contribution in [3.05, 3.63) is 0 Å². The predicted octanol–water partition coefficient (Wildman–Crippen LogP) is 2.96. The summed E-state index contributed by atoms with van der Waals surface area (Å²) in [5.74, 6) is 1.57. The average Bonchev–Trinajstić information content (AvgIpc) is 2.20. The summed E-state index contributed by atoms with van der Waals surface area (Å²) < 4.78 is 5.91. The van der Waals surface area contributed by atoms with Crippen LogP contribution in [0.2, 0.25) is 0 Å². The first kappa shape index (κ1) is 13.0. The van der Waals surface area contributed by atoms with E-state index in [1.54, 1.807) is 0 Å². The lowest BCUT2D eigenvalue weighted by molar-refractivity contribution is -0.00501. The lowest BCUT2D eigenvalue weighted by Crippen LogP contribution is -2.42. The molecule has 1 fully saturated rings. The molecule has 15 heavy (non-hydrogen) atoms. The van der Waals surface area contributed by atoms with Crippen LogP contribution in [0, 0.1) is 11.8 Å². The van der Waals surface area contributed by atoms with Gasteiger partial charge in [0.15, 0.2) is 0 Å². The van der Waals surface area contributed by atoms with Crippen molar-refractivity contribution in [3.63, 3.8) is 0 Å². The molecule has 1 rings (SSSR count). The first-order chi connectivity index (χ1) is 7.13. The Hall–Kier alpha value is -0.0800. The van der Waals surface area contributed by atoms with Gasteiger partial charge in [-0.3, -0.25) is 0 Å². The molecule has 0 aromatic heterocycles. The molecule has 0 aromatic carbocycles. The minimum absolute atomic E-state index is 0.278. The highest BCUT2D eigenvalue weighted by Gasteiger charge is 2.27. The molecule has 0 radical (unpaired) electrons. The zero-order valence-corrected chi connectivity index (χ0v) is 10.5. The van der Waals surface area contributed by atoms with Crippen LogP contribution in [0.3, 0.4) is 0 Å². The van der Waals surface area contributed by atoms with Crippen LogP contribution >= 0.6 is 0 Å². The second-order valence-electron chi connectivity index (χ2n) is 5.34. The predicted molar refractivity (Wildman–Crippen MR) is 64.8 cm³/mol. The normalized spacial score (nSPS) is 32.2. The van der Waals surface area contributed by atoms with Crippen molar-refractivity contribution in [2.24, 2.45) is 17.6 Å². The summed E-state index contributed by atoms with van der Waals surface area (Å²) in [7, 11) is 0. The van der Waals surface area contributed by atoms with Crippen molar-refractivity contribution < 1.29 is 4.74 Å². The second kappa shape index (κ2) is 6.49. The van der Waals surface area contributed by atoms with Crippen LogP contribution in [0.1, 0.15) is 52.9 Å². The second-order valence-corrected chi connectivity index (χ2v) is 5.34. The van der Waals surface area contributed by atoms with E-state index < -0.39 is 0 Å². The number of ether oxygens (including phenoxy) is 1. The van der Waals surface area contributed by atoms with Gasteiger partial charge in [-0.15, -0.1) is 0 Å². The summed E-state index contributed by atoms with van der Waals surface area (Å²) in [6.45, 7) is 7.62. The Morgan fingerprint density at radius 1 is 1.33 bits per heavy atom. The molecule has 2 N–H and O–H groups in total. The summed E-state index contributed by atoms with van der Waals surface area (Å²) in [6.07, 6.45) is 6.36. The molecule has 0 amide bonds. The van der Waals surface area contributed by atoms with E-state index in [1.807, 2.05) is 0 Å². The molecule has 2 nitrogen and oxygen atoms in total. The highest BCUT2D eigenvalue weighted by atomic mass is 16.5. The van der Waals surface area contributed by atoms with Crippen molar-refractivity contribution >= 4 is 0 Å². The van der Waals surface area contributed by atoms with Crippen LogP contribution in [-0.2, 0) is 4.74 Å². The molecule has 0 spiro atoms. The van der Waals surface area contributed by atoms with Crippen LogP contribution in [0.5, 0.6) is 0 Å². The van der Waals surface area contributed by atoms with Crippen LogP contribution in [0.15, 0.2) is 0 Å².